The van der Waals surface area contributed by atoms with E-state index in [1.165, 1.54) is 22.8 Å². The third-order valence-corrected chi connectivity index (χ3v) is 6.96. The molecular formula is C28H25ClF2N2O3. The van der Waals surface area contributed by atoms with Crippen LogP contribution in [0.25, 0.3) is 28.3 Å². The highest BCUT2D eigenvalue weighted by atomic mass is 35.5. The van der Waals surface area contributed by atoms with Crippen LogP contribution in [0.2, 0.25) is 5.02 Å². The Hall–Kier alpha value is -3.29. The summed E-state index contributed by atoms with van der Waals surface area (Å²) in [4.78, 5) is 17.6. The molecule has 0 aliphatic heterocycles. The molecule has 1 aliphatic carbocycles. The van der Waals surface area contributed by atoms with Crippen LogP contribution in [0.3, 0.4) is 0 Å². The van der Waals surface area contributed by atoms with Crippen LogP contribution in [0.15, 0.2) is 57.9 Å². The predicted molar refractivity (Wildman–Crippen MR) is 135 cm³/mol. The summed E-state index contributed by atoms with van der Waals surface area (Å²) in [5, 5.41) is 10.5. The van der Waals surface area contributed by atoms with Gasteiger partial charge < -0.3 is 9.52 Å². The van der Waals surface area contributed by atoms with E-state index >= 15 is 0 Å². The highest BCUT2D eigenvalue weighted by Crippen LogP contribution is 2.40. The minimum atomic E-state index is -0.768. The summed E-state index contributed by atoms with van der Waals surface area (Å²) in [6, 6.07) is 9.92. The number of benzene rings is 2. The van der Waals surface area contributed by atoms with Gasteiger partial charge in [-0.25, -0.2) is 13.8 Å². The summed E-state index contributed by atoms with van der Waals surface area (Å²) in [6.07, 6.45) is 3.94. The number of nitrogens with zero attached hydrogens (tertiary/aromatic N) is 2. The van der Waals surface area contributed by atoms with Crippen LogP contribution in [0.4, 0.5) is 8.78 Å². The van der Waals surface area contributed by atoms with Gasteiger partial charge in [0, 0.05) is 34.8 Å². The lowest BCUT2D eigenvalue weighted by molar-refractivity contribution is 0.118. The number of hydrogen-bond donors (Lipinski definition) is 1. The van der Waals surface area contributed by atoms with Gasteiger partial charge >= 0.3 is 0 Å². The summed E-state index contributed by atoms with van der Waals surface area (Å²) >= 11 is 6.19. The Morgan fingerprint density at radius 1 is 1.03 bits per heavy atom. The molecule has 1 N–H and O–H groups in total. The summed E-state index contributed by atoms with van der Waals surface area (Å²) in [7, 11) is 0. The third-order valence-electron chi connectivity index (χ3n) is 6.75. The molecule has 0 saturated heterocycles. The smallest absolute Gasteiger partial charge is 0.255 e. The lowest BCUT2D eigenvalue weighted by Gasteiger charge is -2.22. The number of pyridine rings is 1. The summed E-state index contributed by atoms with van der Waals surface area (Å²) < 4.78 is 36.2. The second-order valence-electron chi connectivity index (χ2n) is 9.37. The van der Waals surface area contributed by atoms with Crippen molar-refractivity contribution in [3.05, 3.63) is 92.7 Å². The van der Waals surface area contributed by atoms with E-state index in [0.717, 1.165) is 17.2 Å². The summed E-state index contributed by atoms with van der Waals surface area (Å²) in [5.41, 5.74) is 3.10. The van der Waals surface area contributed by atoms with E-state index in [9.17, 15) is 18.7 Å². The van der Waals surface area contributed by atoms with Gasteiger partial charge in [0.2, 0.25) is 0 Å². The number of rotatable bonds is 4. The van der Waals surface area contributed by atoms with Crippen molar-refractivity contribution in [2.24, 2.45) is 0 Å². The van der Waals surface area contributed by atoms with E-state index in [1.54, 1.807) is 24.4 Å². The molecule has 5 rings (SSSR count). The maximum Gasteiger partial charge on any atom is 0.255 e. The predicted octanol–water partition coefficient (Wildman–Crippen LogP) is 6.73. The van der Waals surface area contributed by atoms with Gasteiger partial charge in [-0.2, -0.15) is 0 Å². The summed E-state index contributed by atoms with van der Waals surface area (Å²) in [5.74, 6) is -0.886. The minimum Gasteiger partial charge on any atom is -0.440 e. The molecular weight excluding hydrogens is 486 g/mol. The fourth-order valence-corrected chi connectivity index (χ4v) is 5.30. The van der Waals surface area contributed by atoms with Crippen LogP contribution in [0, 0.1) is 25.5 Å². The lowest BCUT2D eigenvalue weighted by Crippen LogP contribution is -2.18. The van der Waals surface area contributed by atoms with Crippen LogP contribution < -0.4 is 5.56 Å². The number of aromatic nitrogens is 2. The van der Waals surface area contributed by atoms with Gasteiger partial charge in [-0.1, -0.05) is 11.6 Å². The molecule has 5 nitrogen and oxygen atoms in total. The minimum absolute atomic E-state index is 0.0314. The van der Waals surface area contributed by atoms with Gasteiger partial charge in [0.05, 0.1) is 17.4 Å². The molecule has 0 unspecified atom stereocenters. The zero-order valence-electron chi connectivity index (χ0n) is 19.9. The molecule has 8 heteroatoms. The van der Waals surface area contributed by atoms with Crippen molar-refractivity contribution in [2.45, 2.75) is 51.6 Å². The maximum atomic E-state index is 14.9. The van der Waals surface area contributed by atoms with Crippen LogP contribution in [0.1, 0.15) is 48.6 Å². The molecule has 4 aromatic rings. The molecule has 2 aromatic carbocycles. The van der Waals surface area contributed by atoms with Crippen LogP contribution in [-0.2, 0) is 0 Å². The highest BCUT2D eigenvalue weighted by Gasteiger charge is 2.28. The van der Waals surface area contributed by atoms with Crippen molar-refractivity contribution in [3.8, 4) is 28.3 Å². The number of hydrogen-bond acceptors (Lipinski definition) is 4. The van der Waals surface area contributed by atoms with Gasteiger partial charge in [-0.05, 0) is 81.0 Å². The zero-order valence-corrected chi connectivity index (χ0v) is 20.6. The molecule has 186 valence electrons. The monoisotopic (exact) mass is 510 g/mol. The number of aliphatic hydroxyl groups excluding tert-OH is 1. The largest absolute Gasteiger partial charge is 0.440 e. The molecule has 2 heterocycles. The topological polar surface area (TPSA) is 68.3 Å². The Kier molecular flexibility index (Phi) is 6.53. The normalized spacial score (nSPS) is 17.9. The number of aliphatic hydroxyl groups is 1. The number of oxazole rings is 1. The van der Waals surface area contributed by atoms with E-state index in [1.807, 2.05) is 13.8 Å². The van der Waals surface area contributed by atoms with Crippen molar-refractivity contribution in [3.63, 3.8) is 0 Å². The van der Waals surface area contributed by atoms with Crippen molar-refractivity contribution in [1.82, 2.24) is 9.55 Å². The van der Waals surface area contributed by atoms with E-state index in [0.29, 0.717) is 53.5 Å². The van der Waals surface area contributed by atoms with E-state index in [4.69, 9.17) is 21.0 Å². The van der Waals surface area contributed by atoms with E-state index in [2.05, 4.69) is 0 Å². The molecule has 1 saturated carbocycles. The molecule has 0 radical (unpaired) electrons. The first-order chi connectivity index (χ1) is 17.2. The van der Waals surface area contributed by atoms with Crippen LogP contribution >= 0.6 is 11.6 Å². The Morgan fingerprint density at radius 3 is 2.39 bits per heavy atom. The first-order valence-electron chi connectivity index (χ1n) is 11.9. The lowest BCUT2D eigenvalue weighted by atomic mass is 9.87. The molecule has 0 spiro atoms. The standard InChI is InChI=1S/C28H25ClF2N2O3/c1-15-11-19(29)12-16(2)26(15)33-14-18(5-10-24(33)35)25-27(22-9-6-20(30)13-23(22)31)36-28(32-25)17-3-7-21(34)8-4-17/h5-6,9-14,17,21,34H,3-4,7-8H2,1-2H3. The average Bonchev–Trinajstić information content (AvgIpc) is 3.25. The van der Waals surface area contributed by atoms with Gasteiger partial charge in [0.15, 0.2) is 11.7 Å². The third kappa shape index (κ3) is 4.61. The quantitative estimate of drug-likeness (QED) is 0.330. The molecule has 0 atom stereocenters. The SMILES string of the molecule is Cc1cc(Cl)cc(C)c1-n1cc(-c2nc(C3CCC(O)CC3)oc2-c2ccc(F)cc2F)ccc1=O. The van der Waals surface area contributed by atoms with Crippen molar-refractivity contribution in [1.29, 1.82) is 0 Å². The first-order valence-corrected chi connectivity index (χ1v) is 12.2. The molecule has 0 amide bonds. The molecule has 1 aliphatic rings. The Morgan fingerprint density at radius 2 is 1.72 bits per heavy atom. The van der Waals surface area contributed by atoms with Crippen LogP contribution in [-0.4, -0.2) is 20.8 Å². The van der Waals surface area contributed by atoms with E-state index in [-0.39, 0.29) is 28.9 Å². The molecule has 1 fully saturated rings. The van der Waals surface area contributed by atoms with Crippen LogP contribution in [0.5, 0.6) is 0 Å². The highest BCUT2D eigenvalue weighted by molar-refractivity contribution is 6.30. The fraction of sp³-hybridized carbons (Fsp3) is 0.286. The maximum absolute atomic E-state index is 14.9. The molecule has 0 bridgehead atoms. The Balaban J connectivity index is 1.68. The van der Waals surface area contributed by atoms with Gasteiger partial charge in [-0.15, -0.1) is 0 Å². The van der Waals surface area contributed by atoms with Gasteiger partial charge in [0.1, 0.15) is 17.3 Å². The second-order valence-corrected chi connectivity index (χ2v) is 9.81. The Labute approximate surface area is 212 Å². The van der Waals surface area contributed by atoms with Crippen molar-refractivity contribution < 1.29 is 18.3 Å². The van der Waals surface area contributed by atoms with E-state index < -0.39 is 11.6 Å². The Bertz CT molecular complexity index is 1480. The van der Waals surface area contributed by atoms with Gasteiger partial charge in [-0.3, -0.25) is 9.36 Å². The van der Waals surface area contributed by atoms with Crippen molar-refractivity contribution in [2.75, 3.05) is 0 Å². The summed E-state index contributed by atoms with van der Waals surface area (Å²) in [6.45, 7) is 3.75. The number of halogens is 3. The molecule has 2 aromatic heterocycles. The van der Waals surface area contributed by atoms with Crippen molar-refractivity contribution >= 4 is 11.6 Å². The fourth-order valence-electron chi connectivity index (χ4n) is 4.97. The second kappa shape index (κ2) is 9.64. The average molecular weight is 511 g/mol. The number of aryl methyl sites for hydroxylation is 2. The zero-order chi connectivity index (χ0) is 25.6. The molecule has 36 heavy (non-hydrogen) atoms. The van der Waals surface area contributed by atoms with Gasteiger partial charge in [0.25, 0.3) is 5.56 Å². The first kappa shape index (κ1) is 24.4.